The lowest BCUT2D eigenvalue weighted by Gasteiger charge is -2.00. The average Bonchev–Trinajstić information content (AvgIpc) is 2.56. The fourth-order valence-electron chi connectivity index (χ4n) is 1.15. The average molecular weight is 192 g/mol. The van der Waals surface area contributed by atoms with Crippen LogP contribution in [0, 0.1) is 0 Å². The minimum absolute atomic E-state index is 0.201. The van der Waals surface area contributed by atoms with Gasteiger partial charge in [0, 0.05) is 5.56 Å². The lowest BCUT2D eigenvalue weighted by molar-refractivity contribution is 0.0997. The van der Waals surface area contributed by atoms with Crippen LogP contribution in [0.3, 0.4) is 0 Å². The van der Waals surface area contributed by atoms with Crippen molar-refractivity contribution < 1.29 is 14.4 Å². The van der Waals surface area contributed by atoms with Crippen molar-refractivity contribution in [2.45, 2.75) is 0 Å². The van der Waals surface area contributed by atoms with Crippen LogP contribution in [0.25, 0.3) is 0 Å². The Morgan fingerprint density at radius 2 is 1.85 bits per heavy atom. The Morgan fingerprint density at radius 3 is 2.46 bits per heavy atom. The Morgan fingerprint density at radius 1 is 1.15 bits per heavy atom. The van der Waals surface area contributed by atoms with E-state index in [-0.39, 0.29) is 11.6 Å². The summed E-state index contributed by atoms with van der Waals surface area (Å²) in [5.41, 5.74) is 0.347. The number of fused-ring (bicyclic) bond motifs is 1. The summed E-state index contributed by atoms with van der Waals surface area (Å²) in [6.07, 6.45) is 3.10. The Balaban J connectivity index is 2.65. The first-order valence-electron chi connectivity index (χ1n) is 3.58. The highest BCUT2D eigenvalue weighted by Crippen LogP contribution is 2.25. The summed E-state index contributed by atoms with van der Waals surface area (Å²) in [5, 5.41) is 0. The van der Waals surface area contributed by atoms with Crippen LogP contribution in [0.2, 0.25) is 0 Å². The molecule has 1 aliphatic carbocycles. The second kappa shape index (κ2) is 2.74. The molecule has 1 aliphatic rings. The molecular formula is C9H4O3S. The molecule has 0 unspecified atom stereocenters. The topological polar surface area (TPSA) is 51.2 Å². The number of carbonyl (C=O) groups is 3. The van der Waals surface area contributed by atoms with Gasteiger partial charge in [0.2, 0.25) is 0 Å². The fraction of sp³-hybridized carbons (Fsp3) is 0. The van der Waals surface area contributed by atoms with E-state index in [0.29, 0.717) is 21.6 Å². The molecule has 0 aromatic carbocycles. The Kier molecular flexibility index (Phi) is 1.70. The molecule has 13 heavy (non-hydrogen) atoms. The van der Waals surface area contributed by atoms with Gasteiger partial charge in [-0.3, -0.25) is 14.4 Å². The number of allylic oxidation sites excluding steroid dienone is 2. The van der Waals surface area contributed by atoms with Gasteiger partial charge in [0.25, 0.3) is 0 Å². The van der Waals surface area contributed by atoms with E-state index in [2.05, 4.69) is 0 Å². The quantitative estimate of drug-likeness (QED) is 0.633. The number of rotatable bonds is 1. The second-order valence-corrected chi connectivity index (χ2v) is 3.66. The van der Waals surface area contributed by atoms with Crippen molar-refractivity contribution in [3.63, 3.8) is 0 Å². The number of ketones is 2. The number of thiophene rings is 1. The predicted molar refractivity (Wildman–Crippen MR) is 47.5 cm³/mol. The van der Waals surface area contributed by atoms with Gasteiger partial charge in [-0.25, -0.2) is 0 Å². The maximum Gasteiger partial charge on any atom is 0.196 e. The van der Waals surface area contributed by atoms with E-state index < -0.39 is 0 Å². The zero-order chi connectivity index (χ0) is 9.42. The first-order chi connectivity index (χ1) is 6.22. The smallest absolute Gasteiger partial charge is 0.196 e. The highest BCUT2D eigenvalue weighted by Gasteiger charge is 2.21. The van der Waals surface area contributed by atoms with Gasteiger partial charge in [-0.05, 0) is 18.2 Å². The molecule has 4 heteroatoms. The minimum atomic E-state index is -0.209. The lowest BCUT2D eigenvalue weighted by atomic mass is 10.0. The maximum atomic E-state index is 11.2. The molecule has 0 fully saturated rings. The predicted octanol–water partition coefficient (Wildman–Crippen LogP) is 1.50. The fourth-order valence-corrected chi connectivity index (χ4v) is 2.05. The third-order valence-corrected chi connectivity index (χ3v) is 2.82. The third kappa shape index (κ3) is 1.15. The molecule has 0 radical (unpaired) electrons. The molecule has 0 saturated carbocycles. The minimum Gasteiger partial charge on any atom is -0.297 e. The van der Waals surface area contributed by atoms with Crippen LogP contribution >= 0.6 is 11.3 Å². The molecule has 0 aliphatic heterocycles. The SMILES string of the molecule is O=Cc1cc2c(s1)C(=O)C=CC2=O. The van der Waals surface area contributed by atoms with Crippen molar-refractivity contribution in [1.82, 2.24) is 0 Å². The summed E-state index contributed by atoms with van der Waals surface area (Å²) in [6.45, 7) is 0. The van der Waals surface area contributed by atoms with Gasteiger partial charge in [-0.1, -0.05) is 0 Å². The van der Waals surface area contributed by atoms with Crippen LogP contribution < -0.4 is 0 Å². The van der Waals surface area contributed by atoms with Gasteiger partial charge in [0.15, 0.2) is 17.9 Å². The molecule has 2 rings (SSSR count). The van der Waals surface area contributed by atoms with Gasteiger partial charge < -0.3 is 0 Å². The molecule has 0 atom stereocenters. The van der Waals surface area contributed by atoms with E-state index >= 15 is 0 Å². The zero-order valence-electron chi connectivity index (χ0n) is 6.44. The van der Waals surface area contributed by atoms with Crippen molar-refractivity contribution >= 4 is 29.2 Å². The van der Waals surface area contributed by atoms with E-state index in [1.165, 1.54) is 18.2 Å². The molecule has 1 heterocycles. The van der Waals surface area contributed by atoms with E-state index in [1.807, 2.05) is 0 Å². The highest BCUT2D eigenvalue weighted by atomic mass is 32.1. The molecule has 0 N–H and O–H groups in total. The molecule has 64 valence electrons. The van der Waals surface area contributed by atoms with Crippen LogP contribution in [0.15, 0.2) is 18.2 Å². The Hall–Kier alpha value is -1.55. The zero-order valence-corrected chi connectivity index (χ0v) is 7.26. The van der Waals surface area contributed by atoms with Crippen LogP contribution in [0.5, 0.6) is 0 Å². The van der Waals surface area contributed by atoms with Crippen molar-refractivity contribution in [3.8, 4) is 0 Å². The molecule has 3 nitrogen and oxygen atoms in total. The van der Waals surface area contributed by atoms with E-state index in [4.69, 9.17) is 0 Å². The summed E-state index contributed by atoms with van der Waals surface area (Å²) in [5.74, 6) is -0.411. The van der Waals surface area contributed by atoms with Crippen molar-refractivity contribution in [2.24, 2.45) is 0 Å². The monoisotopic (exact) mass is 192 g/mol. The first kappa shape index (κ1) is 8.07. The normalized spacial score (nSPS) is 14.5. The van der Waals surface area contributed by atoms with Gasteiger partial charge in [-0.15, -0.1) is 11.3 Å². The molecular weight excluding hydrogens is 188 g/mol. The van der Waals surface area contributed by atoms with Crippen LogP contribution in [-0.4, -0.2) is 17.9 Å². The summed E-state index contributed by atoms with van der Waals surface area (Å²) in [7, 11) is 0. The Bertz CT molecular complexity index is 404. The highest BCUT2D eigenvalue weighted by molar-refractivity contribution is 7.16. The van der Waals surface area contributed by atoms with E-state index in [1.54, 1.807) is 0 Å². The first-order valence-corrected chi connectivity index (χ1v) is 4.40. The molecule has 0 amide bonds. The van der Waals surface area contributed by atoms with Gasteiger partial charge in [0.1, 0.15) is 0 Å². The van der Waals surface area contributed by atoms with E-state index in [9.17, 15) is 14.4 Å². The van der Waals surface area contributed by atoms with Crippen molar-refractivity contribution in [1.29, 1.82) is 0 Å². The van der Waals surface area contributed by atoms with Crippen LogP contribution in [-0.2, 0) is 0 Å². The number of hydrogen-bond donors (Lipinski definition) is 0. The molecule has 1 aromatic heterocycles. The standard InChI is InChI=1S/C9H4O3S/c10-4-5-3-6-7(11)1-2-8(12)9(6)13-5/h1-4H. The van der Waals surface area contributed by atoms with E-state index in [0.717, 1.165) is 11.3 Å². The van der Waals surface area contributed by atoms with Crippen LogP contribution in [0.4, 0.5) is 0 Å². The van der Waals surface area contributed by atoms with Gasteiger partial charge in [-0.2, -0.15) is 0 Å². The molecule has 1 aromatic rings. The van der Waals surface area contributed by atoms with Gasteiger partial charge in [0.05, 0.1) is 9.75 Å². The number of hydrogen-bond acceptors (Lipinski definition) is 4. The number of aldehydes is 1. The summed E-state index contributed by atoms with van der Waals surface area (Å²) in [6, 6.07) is 1.46. The maximum absolute atomic E-state index is 11.2. The molecule has 0 saturated heterocycles. The molecule has 0 spiro atoms. The van der Waals surface area contributed by atoms with Gasteiger partial charge >= 0.3 is 0 Å². The Labute approximate surface area is 77.7 Å². The second-order valence-electron chi connectivity index (χ2n) is 2.57. The summed E-state index contributed by atoms with van der Waals surface area (Å²) in [4.78, 5) is 33.6. The van der Waals surface area contributed by atoms with Crippen molar-refractivity contribution in [2.75, 3.05) is 0 Å². The summed E-state index contributed by atoms with van der Waals surface area (Å²) < 4.78 is 0. The van der Waals surface area contributed by atoms with Crippen LogP contribution in [0.1, 0.15) is 29.7 Å². The molecule has 0 bridgehead atoms. The number of carbonyl (C=O) groups excluding carboxylic acids is 3. The summed E-state index contributed by atoms with van der Waals surface area (Å²) >= 11 is 1.06. The lowest BCUT2D eigenvalue weighted by Crippen LogP contribution is -2.07. The largest absolute Gasteiger partial charge is 0.297 e. The van der Waals surface area contributed by atoms with Crippen molar-refractivity contribution in [3.05, 3.63) is 33.5 Å². The third-order valence-electron chi connectivity index (χ3n) is 1.74.